The number of aromatic nitrogens is 1. The lowest BCUT2D eigenvalue weighted by Crippen LogP contribution is -2.31. The predicted molar refractivity (Wildman–Crippen MR) is 99.0 cm³/mol. The molecule has 2 heterocycles. The number of hydrogen-bond donors (Lipinski definition) is 1. The molecule has 3 rings (SSSR count). The van der Waals surface area contributed by atoms with E-state index in [9.17, 15) is 9.90 Å². The quantitative estimate of drug-likeness (QED) is 0.879. The Bertz CT molecular complexity index is 804. The Morgan fingerprint density at radius 3 is 2.68 bits per heavy atom. The van der Waals surface area contributed by atoms with Gasteiger partial charge in [0, 0.05) is 30.3 Å². The van der Waals surface area contributed by atoms with Gasteiger partial charge in [0.15, 0.2) is 0 Å². The van der Waals surface area contributed by atoms with Crippen LogP contribution in [0.25, 0.3) is 0 Å². The largest absolute Gasteiger partial charge is 0.384 e. The van der Waals surface area contributed by atoms with Crippen LogP contribution in [0.4, 0.5) is 0 Å². The van der Waals surface area contributed by atoms with E-state index >= 15 is 0 Å². The van der Waals surface area contributed by atoms with Gasteiger partial charge in [-0.1, -0.05) is 37.3 Å². The number of Topliss-reactive ketones (excluding diaryl/α,β-unsaturated/α-hetero) is 1. The molecule has 130 valence electrons. The first-order valence-electron chi connectivity index (χ1n) is 8.66. The van der Waals surface area contributed by atoms with Gasteiger partial charge in [0.1, 0.15) is 11.4 Å². The Hall–Kier alpha value is -2.33. The first-order chi connectivity index (χ1) is 11.8. The summed E-state index contributed by atoms with van der Waals surface area (Å²) in [4.78, 5) is 21.3. The SMILES string of the molecule is C[C@@H](CC(=O)Cc1cc2c(cn1)C(C(C)(C)O)=NC2)c1ccccc1. The molecule has 4 nitrogen and oxygen atoms in total. The number of ketones is 1. The van der Waals surface area contributed by atoms with Gasteiger partial charge >= 0.3 is 0 Å². The molecule has 0 aliphatic carbocycles. The molecular formula is C21H24N2O2. The molecule has 0 unspecified atom stereocenters. The third-order valence-corrected chi connectivity index (χ3v) is 4.57. The second-order valence-electron chi connectivity index (χ2n) is 7.29. The van der Waals surface area contributed by atoms with Gasteiger partial charge in [-0.15, -0.1) is 0 Å². The van der Waals surface area contributed by atoms with Gasteiger partial charge in [-0.05, 0) is 37.0 Å². The van der Waals surface area contributed by atoms with E-state index in [-0.39, 0.29) is 11.7 Å². The third kappa shape index (κ3) is 4.02. The van der Waals surface area contributed by atoms with Crippen LogP contribution in [0, 0.1) is 0 Å². The third-order valence-electron chi connectivity index (χ3n) is 4.57. The van der Waals surface area contributed by atoms with E-state index in [1.165, 1.54) is 5.56 Å². The Kier molecular flexibility index (Phi) is 4.82. The molecular weight excluding hydrogens is 312 g/mol. The molecule has 1 N–H and O–H groups in total. The van der Waals surface area contributed by atoms with Crippen LogP contribution in [-0.2, 0) is 17.8 Å². The van der Waals surface area contributed by atoms with Gasteiger partial charge in [-0.3, -0.25) is 14.8 Å². The average Bonchev–Trinajstić information content (AvgIpc) is 2.99. The van der Waals surface area contributed by atoms with Crippen LogP contribution in [-0.4, -0.2) is 27.2 Å². The van der Waals surface area contributed by atoms with Crippen molar-refractivity contribution in [3.8, 4) is 0 Å². The maximum absolute atomic E-state index is 12.4. The molecule has 0 bridgehead atoms. The van der Waals surface area contributed by atoms with Crippen molar-refractivity contribution in [3.05, 3.63) is 65.0 Å². The standard InChI is InChI=1S/C21H24N2O2/c1-14(15-7-5-4-6-8-15)9-18(24)11-17-10-16-12-23-20(21(2,3)25)19(16)13-22-17/h4-8,10,13-14,25H,9,11-12H2,1-3H3/t14-/m0/s1. The van der Waals surface area contributed by atoms with Crippen molar-refractivity contribution in [3.63, 3.8) is 0 Å². The number of pyridine rings is 1. The van der Waals surface area contributed by atoms with Crippen molar-refractivity contribution in [2.24, 2.45) is 4.99 Å². The Morgan fingerprint density at radius 1 is 1.28 bits per heavy atom. The number of fused-ring (bicyclic) bond motifs is 1. The summed E-state index contributed by atoms with van der Waals surface area (Å²) in [5.41, 5.74) is 3.57. The molecule has 1 aliphatic heterocycles. The summed E-state index contributed by atoms with van der Waals surface area (Å²) in [7, 11) is 0. The van der Waals surface area contributed by atoms with E-state index in [0.717, 1.165) is 16.8 Å². The molecule has 1 atom stereocenters. The zero-order valence-electron chi connectivity index (χ0n) is 15.0. The molecule has 25 heavy (non-hydrogen) atoms. The van der Waals surface area contributed by atoms with Crippen molar-refractivity contribution in [2.75, 3.05) is 0 Å². The van der Waals surface area contributed by atoms with Crippen LogP contribution < -0.4 is 0 Å². The highest BCUT2D eigenvalue weighted by Crippen LogP contribution is 2.25. The lowest BCUT2D eigenvalue weighted by molar-refractivity contribution is -0.118. The summed E-state index contributed by atoms with van der Waals surface area (Å²) in [5.74, 6) is 0.388. The second-order valence-corrected chi connectivity index (χ2v) is 7.29. The molecule has 1 aliphatic rings. The normalized spacial score (nSPS) is 14.8. The zero-order valence-corrected chi connectivity index (χ0v) is 15.0. The van der Waals surface area contributed by atoms with Crippen molar-refractivity contribution in [1.82, 2.24) is 4.98 Å². The van der Waals surface area contributed by atoms with Gasteiger partial charge in [0.2, 0.25) is 0 Å². The Labute approximate surface area is 148 Å². The number of rotatable bonds is 6. The molecule has 0 saturated carbocycles. The minimum atomic E-state index is -0.977. The monoisotopic (exact) mass is 336 g/mol. The topological polar surface area (TPSA) is 62.5 Å². The highest BCUT2D eigenvalue weighted by molar-refractivity contribution is 6.08. The summed E-state index contributed by atoms with van der Waals surface area (Å²) >= 11 is 0. The first-order valence-corrected chi connectivity index (χ1v) is 8.66. The number of aliphatic imine (C=N–C) groups is 1. The van der Waals surface area contributed by atoms with Crippen LogP contribution in [0.3, 0.4) is 0 Å². The minimum absolute atomic E-state index is 0.186. The van der Waals surface area contributed by atoms with Gasteiger partial charge < -0.3 is 5.11 Å². The molecule has 0 radical (unpaired) electrons. The number of hydrogen-bond acceptors (Lipinski definition) is 4. The van der Waals surface area contributed by atoms with Crippen molar-refractivity contribution >= 4 is 11.5 Å². The summed E-state index contributed by atoms with van der Waals surface area (Å²) in [5, 5.41) is 10.2. The number of nitrogens with zero attached hydrogens (tertiary/aromatic N) is 2. The number of aliphatic hydroxyl groups is 1. The van der Waals surface area contributed by atoms with Gasteiger partial charge in [-0.2, -0.15) is 0 Å². The fraction of sp³-hybridized carbons (Fsp3) is 0.381. The van der Waals surface area contributed by atoms with Gasteiger partial charge in [0.25, 0.3) is 0 Å². The number of benzene rings is 1. The van der Waals surface area contributed by atoms with E-state index in [1.807, 2.05) is 24.3 Å². The summed E-state index contributed by atoms with van der Waals surface area (Å²) < 4.78 is 0. The van der Waals surface area contributed by atoms with Crippen molar-refractivity contribution in [2.45, 2.75) is 51.7 Å². The van der Waals surface area contributed by atoms with Gasteiger partial charge in [-0.25, -0.2) is 0 Å². The lowest BCUT2D eigenvalue weighted by Gasteiger charge is -2.18. The van der Waals surface area contributed by atoms with Crippen LogP contribution in [0.5, 0.6) is 0 Å². The van der Waals surface area contributed by atoms with Crippen molar-refractivity contribution in [1.29, 1.82) is 0 Å². The average molecular weight is 336 g/mol. The van der Waals surface area contributed by atoms with Crippen LogP contribution >= 0.6 is 0 Å². The predicted octanol–water partition coefficient (Wildman–Crippen LogP) is 3.46. The van der Waals surface area contributed by atoms with Crippen molar-refractivity contribution < 1.29 is 9.90 Å². The van der Waals surface area contributed by atoms with Crippen LogP contribution in [0.15, 0.2) is 47.6 Å². The molecule has 0 amide bonds. The van der Waals surface area contributed by atoms with E-state index in [1.54, 1.807) is 20.0 Å². The first kappa shape index (κ1) is 17.5. The highest BCUT2D eigenvalue weighted by Gasteiger charge is 2.29. The number of carbonyl (C=O) groups excluding carboxylic acids is 1. The Balaban J connectivity index is 1.66. The fourth-order valence-electron chi connectivity index (χ4n) is 3.27. The van der Waals surface area contributed by atoms with E-state index in [4.69, 9.17) is 0 Å². The smallest absolute Gasteiger partial charge is 0.139 e. The van der Waals surface area contributed by atoms with Crippen LogP contribution in [0.1, 0.15) is 55.5 Å². The molecule has 0 spiro atoms. The maximum atomic E-state index is 12.4. The second kappa shape index (κ2) is 6.89. The molecule has 1 aromatic carbocycles. The molecule has 0 saturated heterocycles. The maximum Gasteiger partial charge on any atom is 0.139 e. The fourth-order valence-corrected chi connectivity index (χ4v) is 3.27. The van der Waals surface area contributed by atoms with Gasteiger partial charge in [0.05, 0.1) is 12.3 Å². The zero-order chi connectivity index (χ0) is 18.0. The minimum Gasteiger partial charge on any atom is -0.384 e. The molecule has 2 aromatic rings. The Morgan fingerprint density at radius 2 is 2.00 bits per heavy atom. The van der Waals surface area contributed by atoms with E-state index in [2.05, 4.69) is 29.0 Å². The highest BCUT2D eigenvalue weighted by atomic mass is 16.3. The number of carbonyl (C=O) groups is 1. The molecule has 4 heteroatoms. The molecule has 1 aromatic heterocycles. The summed E-state index contributed by atoms with van der Waals surface area (Å²) in [6, 6.07) is 12.0. The lowest BCUT2D eigenvalue weighted by atomic mass is 9.93. The summed E-state index contributed by atoms with van der Waals surface area (Å²) in [6.07, 6.45) is 2.58. The van der Waals surface area contributed by atoms with E-state index < -0.39 is 5.60 Å². The summed E-state index contributed by atoms with van der Waals surface area (Å²) in [6.45, 7) is 6.07. The molecule has 0 fully saturated rings. The van der Waals surface area contributed by atoms with E-state index in [0.29, 0.717) is 25.1 Å². The van der Waals surface area contributed by atoms with Crippen LogP contribution in [0.2, 0.25) is 0 Å².